The lowest BCUT2D eigenvalue weighted by Crippen LogP contribution is -2.31. The molecule has 0 radical (unpaired) electrons. The SMILES string of the molecule is C1=CC(B2NC(c3ccccc3)CO2)=CC1. The van der Waals surface area contributed by atoms with Gasteiger partial charge in [-0.15, -0.1) is 0 Å². The maximum atomic E-state index is 5.77. The first-order valence-electron chi connectivity index (χ1n) is 5.73. The molecule has 0 bridgehead atoms. The third-order valence-corrected chi connectivity index (χ3v) is 3.09. The second kappa shape index (κ2) is 4.28. The van der Waals surface area contributed by atoms with Crippen LogP contribution in [0.15, 0.2) is 54.0 Å². The first-order chi connectivity index (χ1) is 7.93. The van der Waals surface area contributed by atoms with Crippen molar-refractivity contribution < 1.29 is 4.65 Å². The number of hydrogen-bond acceptors (Lipinski definition) is 2. The highest BCUT2D eigenvalue weighted by Gasteiger charge is 2.32. The molecule has 2 nitrogen and oxygen atoms in total. The van der Waals surface area contributed by atoms with E-state index >= 15 is 0 Å². The quantitative estimate of drug-likeness (QED) is 0.757. The molecule has 1 aromatic carbocycles. The molecule has 1 N–H and O–H groups in total. The Morgan fingerprint density at radius 1 is 1.25 bits per heavy atom. The molecule has 0 amide bonds. The number of allylic oxidation sites excluding steroid dienone is 4. The lowest BCUT2D eigenvalue weighted by Gasteiger charge is -2.09. The van der Waals surface area contributed by atoms with Crippen LogP contribution >= 0.6 is 0 Å². The van der Waals surface area contributed by atoms with Crippen LogP contribution in [0, 0.1) is 0 Å². The van der Waals surface area contributed by atoms with Crippen molar-refractivity contribution in [3.05, 3.63) is 59.6 Å². The minimum Gasteiger partial charge on any atom is -0.416 e. The van der Waals surface area contributed by atoms with Gasteiger partial charge < -0.3 is 9.88 Å². The summed E-state index contributed by atoms with van der Waals surface area (Å²) >= 11 is 0. The highest BCUT2D eigenvalue weighted by molar-refractivity contribution is 6.59. The van der Waals surface area contributed by atoms with Crippen LogP contribution in [0.1, 0.15) is 18.0 Å². The normalized spacial score (nSPS) is 23.9. The highest BCUT2D eigenvalue weighted by atomic mass is 16.5. The Bertz CT molecular complexity index is 427. The molecule has 2 aliphatic rings. The Balaban J connectivity index is 1.72. The van der Waals surface area contributed by atoms with Crippen molar-refractivity contribution in [3.63, 3.8) is 0 Å². The van der Waals surface area contributed by atoms with Gasteiger partial charge in [0.1, 0.15) is 0 Å². The average molecular weight is 211 g/mol. The molecule has 1 aliphatic carbocycles. The van der Waals surface area contributed by atoms with E-state index in [9.17, 15) is 0 Å². The zero-order valence-corrected chi connectivity index (χ0v) is 9.10. The maximum absolute atomic E-state index is 5.77. The minimum atomic E-state index is 0.0731. The molecule has 80 valence electrons. The third-order valence-electron chi connectivity index (χ3n) is 3.09. The molecule has 16 heavy (non-hydrogen) atoms. The minimum absolute atomic E-state index is 0.0731. The van der Waals surface area contributed by atoms with E-state index in [0.29, 0.717) is 6.04 Å². The van der Waals surface area contributed by atoms with Crippen LogP contribution in [0.2, 0.25) is 0 Å². The average Bonchev–Trinajstić information content (AvgIpc) is 3.01. The van der Waals surface area contributed by atoms with Crippen LogP contribution in [0.3, 0.4) is 0 Å². The van der Waals surface area contributed by atoms with Gasteiger partial charge in [0.25, 0.3) is 0 Å². The van der Waals surface area contributed by atoms with Crippen LogP contribution < -0.4 is 5.23 Å². The van der Waals surface area contributed by atoms with E-state index in [1.165, 1.54) is 11.0 Å². The lowest BCUT2D eigenvalue weighted by molar-refractivity contribution is 0.345. The van der Waals surface area contributed by atoms with Crippen molar-refractivity contribution in [2.45, 2.75) is 12.5 Å². The van der Waals surface area contributed by atoms with Crippen molar-refractivity contribution in [2.24, 2.45) is 0 Å². The Morgan fingerprint density at radius 3 is 2.88 bits per heavy atom. The van der Waals surface area contributed by atoms with Gasteiger partial charge >= 0.3 is 7.05 Å². The van der Waals surface area contributed by atoms with Crippen molar-refractivity contribution in [1.29, 1.82) is 0 Å². The van der Waals surface area contributed by atoms with Gasteiger partial charge in [0, 0.05) is 12.6 Å². The van der Waals surface area contributed by atoms with E-state index in [-0.39, 0.29) is 7.05 Å². The van der Waals surface area contributed by atoms with Crippen LogP contribution in [-0.2, 0) is 4.65 Å². The van der Waals surface area contributed by atoms with Gasteiger partial charge in [-0.3, -0.25) is 0 Å². The molecule has 0 saturated carbocycles. The van der Waals surface area contributed by atoms with E-state index in [2.05, 4.69) is 47.7 Å². The first-order valence-corrected chi connectivity index (χ1v) is 5.73. The molecule has 1 fully saturated rings. The molecule has 3 heteroatoms. The number of benzene rings is 1. The zero-order chi connectivity index (χ0) is 10.8. The van der Waals surface area contributed by atoms with Gasteiger partial charge in [-0.2, -0.15) is 0 Å². The van der Waals surface area contributed by atoms with Crippen LogP contribution in [0.5, 0.6) is 0 Å². The summed E-state index contributed by atoms with van der Waals surface area (Å²) in [6.07, 6.45) is 7.55. The maximum Gasteiger partial charge on any atom is 0.416 e. The van der Waals surface area contributed by atoms with Crippen LogP contribution in [0.4, 0.5) is 0 Å². The number of hydrogen-bond donors (Lipinski definition) is 1. The predicted octanol–water partition coefficient (Wildman–Crippen LogP) is 2.26. The van der Waals surface area contributed by atoms with Gasteiger partial charge in [0.15, 0.2) is 0 Å². The molecular formula is C13H14BNO. The molecular weight excluding hydrogens is 197 g/mol. The Kier molecular flexibility index (Phi) is 2.64. The summed E-state index contributed by atoms with van der Waals surface area (Å²) in [4.78, 5) is 0. The van der Waals surface area contributed by atoms with E-state index in [1.54, 1.807) is 0 Å². The lowest BCUT2D eigenvalue weighted by atomic mass is 9.74. The standard InChI is InChI=1S/C13H14BNO/c1-2-6-11(7-3-1)13-10-16-14(15-13)12-8-4-5-9-12/h1-4,6-9,13,15H,5,10H2. The van der Waals surface area contributed by atoms with Crippen molar-refractivity contribution in [1.82, 2.24) is 5.23 Å². The molecule has 0 spiro atoms. The van der Waals surface area contributed by atoms with Gasteiger partial charge in [0.2, 0.25) is 0 Å². The fraction of sp³-hybridized carbons (Fsp3) is 0.231. The number of rotatable bonds is 2. The molecule has 0 aromatic heterocycles. The second-order valence-electron chi connectivity index (χ2n) is 4.19. The predicted molar refractivity (Wildman–Crippen MR) is 65.9 cm³/mol. The fourth-order valence-electron chi connectivity index (χ4n) is 2.21. The molecule has 1 saturated heterocycles. The summed E-state index contributed by atoms with van der Waals surface area (Å²) in [6.45, 7) is 0.750. The number of nitrogens with one attached hydrogen (secondary N) is 1. The smallest absolute Gasteiger partial charge is 0.416 e. The van der Waals surface area contributed by atoms with Crippen molar-refractivity contribution in [2.75, 3.05) is 6.61 Å². The van der Waals surface area contributed by atoms with Crippen LogP contribution in [-0.4, -0.2) is 13.7 Å². The van der Waals surface area contributed by atoms with Gasteiger partial charge in [0.05, 0.1) is 0 Å². The van der Waals surface area contributed by atoms with Gasteiger partial charge in [-0.25, -0.2) is 0 Å². The van der Waals surface area contributed by atoms with E-state index in [0.717, 1.165) is 13.0 Å². The monoisotopic (exact) mass is 211 g/mol. The summed E-state index contributed by atoms with van der Waals surface area (Å²) in [5.74, 6) is 0. The highest BCUT2D eigenvalue weighted by Crippen LogP contribution is 2.23. The molecule has 1 heterocycles. The van der Waals surface area contributed by atoms with Gasteiger partial charge in [-0.05, 0) is 17.5 Å². The second-order valence-corrected chi connectivity index (χ2v) is 4.19. The Labute approximate surface area is 96.1 Å². The largest absolute Gasteiger partial charge is 0.416 e. The molecule has 1 aliphatic heterocycles. The summed E-state index contributed by atoms with van der Waals surface area (Å²) in [5, 5.41) is 3.51. The third kappa shape index (κ3) is 1.84. The summed E-state index contributed by atoms with van der Waals surface area (Å²) < 4.78 is 5.77. The molecule has 1 atom stereocenters. The van der Waals surface area contributed by atoms with Crippen molar-refractivity contribution in [3.8, 4) is 0 Å². The molecule has 1 unspecified atom stereocenters. The molecule has 3 rings (SSSR count). The Hall–Kier alpha value is -1.32. The van der Waals surface area contributed by atoms with Crippen molar-refractivity contribution >= 4 is 7.05 Å². The van der Waals surface area contributed by atoms with E-state index in [4.69, 9.17) is 4.65 Å². The Morgan fingerprint density at radius 2 is 2.12 bits per heavy atom. The fourth-order valence-corrected chi connectivity index (χ4v) is 2.21. The van der Waals surface area contributed by atoms with E-state index < -0.39 is 0 Å². The molecule has 1 aromatic rings. The first kappa shape index (κ1) is 9.88. The summed E-state index contributed by atoms with van der Waals surface area (Å²) in [5.41, 5.74) is 2.56. The summed E-state index contributed by atoms with van der Waals surface area (Å²) in [6, 6.07) is 10.8. The van der Waals surface area contributed by atoms with Crippen LogP contribution in [0.25, 0.3) is 0 Å². The van der Waals surface area contributed by atoms with Gasteiger partial charge in [-0.1, -0.05) is 48.6 Å². The topological polar surface area (TPSA) is 21.3 Å². The summed E-state index contributed by atoms with van der Waals surface area (Å²) in [7, 11) is 0.0731. The van der Waals surface area contributed by atoms with E-state index in [1.807, 2.05) is 6.07 Å². The zero-order valence-electron chi connectivity index (χ0n) is 9.10.